The smallest absolute Gasteiger partial charge is 0.256 e. The van der Waals surface area contributed by atoms with Crippen LogP contribution in [0.4, 0.5) is 10.3 Å². The van der Waals surface area contributed by atoms with Crippen molar-refractivity contribution >= 4 is 11.9 Å². The van der Waals surface area contributed by atoms with Crippen LogP contribution in [0.15, 0.2) is 41.1 Å². The van der Waals surface area contributed by atoms with Gasteiger partial charge in [-0.15, -0.1) is 0 Å². The highest BCUT2D eigenvalue weighted by Crippen LogP contribution is 2.35. The monoisotopic (exact) mass is 423 g/mol. The molecule has 0 radical (unpaired) electrons. The summed E-state index contributed by atoms with van der Waals surface area (Å²) in [4.78, 5) is 23.7. The first kappa shape index (κ1) is 21.0. The molecule has 1 fully saturated rings. The number of benzene rings is 1. The topological polar surface area (TPSA) is 84.2 Å². The van der Waals surface area contributed by atoms with Crippen LogP contribution in [-0.2, 0) is 0 Å². The van der Waals surface area contributed by atoms with Gasteiger partial charge < -0.3 is 14.7 Å². The third-order valence-corrected chi connectivity index (χ3v) is 5.40. The van der Waals surface area contributed by atoms with Crippen molar-refractivity contribution in [3.8, 4) is 11.3 Å². The predicted molar refractivity (Wildman–Crippen MR) is 115 cm³/mol. The fourth-order valence-electron chi connectivity index (χ4n) is 3.88. The molecule has 0 bridgehead atoms. The van der Waals surface area contributed by atoms with Crippen molar-refractivity contribution in [2.45, 2.75) is 45.6 Å². The molecule has 3 heterocycles. The number of hydrogen-bond donors (Lipinski definition) is 1. The quantitative estimate of drug-likeness (QED) is 0.654. The minimum atomic E-state index is -0.488. The van der Waals surface area contributed by atoms with Crippen LogP contribution >= 0.6 is 0 Å². The Morgan fingerprint density at radius 1 is 1.26 bits per heavy atom. The average Bonchev–Trinajstić information content (AvgIpc) is 3.19. The van der Waals surface area contributed by atoms with Crippen molar-refractivity contribution in [1.82, 2.24) is 20.0 Å². The van der Waals surface area contributed by atoms with Crippen molar-refractivity contribution < 1.29 is 13.7 Å². The Morgan fingerprint density at radius 2 is 2.00 bits per heavy atom. The Kier molecular flexibility index (Phi) is 5.97. The highest BCUT2D eigenvalue weighted by atomic mass is 19.1. The maximum atomic E-state index is 14.0. The molecular weight excluding hydrogens is 397 g/mol. The van der Waals surface area contributed by atoms with E-state index in [1.807, 2.05) is 26.8 Å². The van der Waals surface area contributed by atoms with Gasteiger partial charge in [0, 0.05) is 37.3 Å². The van der Waals surface area contributed by atoms with Gasteiger partial charge in [0.25, 0.3) is 5.91 Å². The molecule has 162 valence electrons. The average molecular weight is 423 g/mol. The van der Waals surface area contributed by atoms with Crippen LogP contribution in [0.1, 0.15) is 54.4 Å². The lowest BCUT2D eigenvalue weighted by molar-refractivity contribution is 0.0707. The molecule has 2 aromatic heterocycles. The number of nitrogens with zero attached hydrogens (tertiary/aromatic N) is 4. The molecule has 0 aliphatic carbocycles. The molecule has 7 nitrogen and oxygen atoms in total. The molecule has 1 aliphatic rings. The van der Waals surface area contributed by atoms with Crippen LogP contribution in [0.25, 0.3) is 11.3 Å². The van der Waals surface area contributed by atoms with Crippen LogP contribution in [-0.4, -0.2) is 45.1 Å². The molecule has 0 unspecified atom stereocenters. The zero-order valence-corrected chi connectivity index (χ0v) is 17.9. The highest BCUT2D eigenvalue weighted by Gasteiger charge is 2.29. The fourth-order valence-corrected chi connectivity index (χ4v) is 3.88. The van der Waals surface area contributed by atoms with Crippen LogP contribution < -0.4 is 5.32 Å². The van der Waals surface area contributed by atoms with E-state index in [1.165, 1.54) is 12.1 Å². The molecule has 3 aromatic rings. The van der Waals surface area contributed by atoms with Gasteiger partial charge in [-0.2, -0.15) is 0 Å². The Morgan fingerprint density at radius 3 is 2.65 bits per heavy atom. The maximum Gasteiger partial charge on any atom is 0.256 e. The van der Waals surface area contributed by atoms with Gasteiger partial charge >= 0.3 is 0 Å². The van der Waals surface area contributed by atoms with E-state index >= 15 is 0 Å². The SMILES string of the molecule is Cc1cc(-c2cnc(NC(C)C)nc2C2CCN(C(=O)c3ccccc3F)CC2)on1. The van der Waals surface area contributed by atoms with Gasteiger partial charge in [-0.05, 0) is 45.7 Å². The first-order valence-corrected chi connectivity index (χ1v) is 10.5. The number of amides is 1. The normalized spacial score (nSPS) is 14.8. The number of likely N-dealkylation sites (tertiary alicyclic amines) is 1. The summed E-state index contributed by atoms with van der Waals surface area (Å²) in [6.07, 6.45) is 3.21. The van der Waals surface area contributed by atoms with Crippen LogP contribution in [0.5, 0.6) is 0 Å². The Bertz CT molecular complexity index is 1070. The lowest BCUT2D eigenvalue weighted by Gasteiger charge is -2.32. The zero-order valence-electron chi connectivity index (χ0n) is 17.9. The molecule has 0 saturated carbocycles. The third kappa shape index (κ3) is 4.57. The molecule has 1 N–H and O–H groups in total. The standard InChI is InChI=1S/C23H26FN5O2/c1-14(2)26-23-25-13-18(20-12-15(3)28-31-20)21(27-23)16-8-10-29(11-9-16)22(30)17-6-4-5-7-19(17)24/h4-7,12-14,16H,8-11H2,1-3H3,(H,25,26,27). The van der Waals surface area contributed by atoms with E-state index < -0.39 is 5.82 Å². The second kappa shape index (κ2) is 8.83. The Hall–Kier alpha value is -3.29. The molecule has 1 amide bonds. The number of halogens is 1. The van der Waals surface area contributed by atoms with Gasteiger partial charge in [0.1, 0.15) is 5.82 Å². The van der Waals surface area contributed by atoms with Crippen molar-refractivity contribution in [3.63, 3.8) is 0 Å². The van der Waals surface area contributed by atoms with Crippen LogP contribution in [0.3, 0.4) is 0 Å². The molecule has 4 rings (SSSR count). The molecule has 1 aromatic carbocycles. The number of aromatic nitrogens is 3. The number of aryl methyl sites for hydroxylation is 1. The van der Waals surface area contributed by atoms with Crippen molar-refractivity contribution in [2.24, 2.45) is 0 Å². The molecule has 1 saturated heterocycles. The third-order valence-electron chi connectivity index (χ3n) is 5.40. The molecule has 0 spiro atoms. The maximum absolute atomic E-state index is 14.0. The summed E-state index contributed by atoms with van der Waals surface area (Å²) in [5, 5.41) is 7.24. The molecule has 8 heteroatoms. The molecule has 1 aliphatic heterocycles. The van der Waals surface area contributed by atoms with Gasteiger partial charge in [-0.3, -0.25) is 4.79 Å². The van der Waals surface area contributed by atoms with Gasteiger partial charge in [0.15, 0.2) is 5.76 Å². The summed E-state index contributed by atoms with van der Waals surface area (Å²) in [6.45, 7) is 7.00. The number of hydrogen-bond acceptors (Lipinski definition) is 6. The second-order valence-corrected chi connectivity index (χ2v) is 8.17. The first-order chi connectivity index (χ1) is 14.9. The number of piperidine rings is 1. The van der Waals surface area contributed by atoms with Crippen molar-refractivity contribution in [2.75, 3.05) is 18.4 Å². The number of carbonyl (C=O) groups excluding carboxylic acids is 1. The Balaban J connectivity index is 1.56. The lowest BCUT2D eigenvalue weighted by Crippen LogP contribution is -2.38. The minimum Gasteiger partial charge on any atom is -0.356 e. The summed E-state index contributed by atoms with van der Waals surface area (Å²) in [6, 6.07) is 8.18. The Labute approximate surface area is 180 Å². The summed E-state index contributed by atoms with van der Waals surface area (Å²) in [5.74, 6) is 0.564. The summed E-state index contributed by atoms with van der Waals surface area (Å²) in [7, 11) is 0. The minimum absolute atomic E-state index is 0.115. The van der Waals surface area contributed by atoms with Crippen LogP contribution in [0.2, 0.25) is 0 Å². The molecular formula is C23H26FN5O2. The number of anilines is 1. The van der Waals surface area contributed by atoms with E-state index in [4.69, 9.17) is 9.51 Å². The predicted octanol–water partition coefficient (Wildman–Crippen LogP) is 4.42. The fraction of sp³-hybridized carbons (Fsp3) is 0.391. The number of carbonyl (C=O) groups is 1. The van der Waals surface area contributed by atoms with Crippen molar-refractivity contribution in [3.05, 3.63) is 59.3 Å². The van der Waals surface area contributed by atoms with E-state index in [0.29, 0.717) is 24.8 Å². The second-order valence-electron chi connectivity index (χ2n) is 8.17. The summed E-state index contributed by atoms with van der Waals surface area (Å²) >= 11 is 0. The largest absolute Gasteiger partial charge is 0.356 e. The number of rotatable bonds is 5. The molecule has 31 heavy (non-hydrogen) atoms. The van der Waals surface area contributed by atoms with E-state index in [2.05, 4.69) is 15.5 Å². The number of nitrogens with one attached hydrogen (secondary N) is 1. The zero-order chi connectivity index (χ0) is 22.0. The molecule has 0 atom stereocenters. The van der Waals surface area contributed by atoms with E-state index in [9.17, 15) is 9.18 Å². The van der Waals surface area contributed by atoms with Crippen LogP contribution in [0, 0.1) is 12.7 Å². The van der Waals surface area contributed by atoms with Gasteiger partial charge in [0.05, 0.1) is 22.5 Å². The summed E-state index contributed by atoms with van der Waals surface area (Å²) < 4.78 is 19.5. The summed E-state index contributed by atoms with van der Waals surface area (Å²) in [5.41, 5.74) is 2.60. The van der Waals surface area contributed by atoms with E-state index in [0.717, 1.165) is 29.8 Å². The van der Waals surface area contributed by atoms with Gasteiger partial charge in [-0.1, -0.05) is 17.3 Å². The lowest BCUT2D eigenvalue weighted by atomic mass is 9.90. The van der Waals surface area contributed by atoms with Crippen molar-refractivity contribution in [1.29, 1.82) is 0 Å². The van der Waals surface area contributed by atoms with Gasteiger partial charge in [0.2, 0.25) is 5.95 Å². The highest BCUT2D eigenvalue weighted by molar-refractivity contribution is 5.94. The van der Waals surface area contributed by atoms with Gasteiger partial charge in [-0.25, -0.2) is 14.4 Å². The van der Waals surface area contributed by atoms with E-state index in [-0.39, 0.29) is 23.4 Å². The van der Waals surface area contributed by atoms with E-state index in [1.54, 1.807) is 23.2 Å². The first-order valence-electron chi connectivity index (χ1n) is 10.5.